The quantitative estimate of drug-likeness (QED) is 0.843. The lowest BCUT2D eigenvalue weighted by Gasteiger charge is -2.00. The van der Waals surface area contributed by atoms with Crippen LogP contribution in [0.15, 0.2) is 36.7 Å². The maximum absolute atomic E-state index is 11.6. The number of hydrogen-bond donors (Lipinski definition) is 2. The van der Waals surface area contributed by atoms with Gasteiger partial charge in [0.25, 0.3) is 0 Å². The minimum absolute atomic E-state index is 0.173. The molecule has 5 heteroatoms. The highest BCUT2D eigenvalue weighted by Gasteiger charge is 1.99. The van der Waals surface area contributed by atoms with E-state index in [-0.39, 0.29) is 5.91 Å². The van der Waals surface area contributed by atoms with Gasteiger partial charge in [-0.3, -0.25) is 4.79 Å². The second-order valence-corrected chi connectivity index (χ2v) is 4.50. The molecule has 2 aromatic rings. The molecule has 1 heterocycles. The summed E-state index contributed by atoms with van der Waals surface area (Å²) in [7, 11) is 0. The Morgan fingerprint density at radius 1 is 1.53 bits per heavy atom. The number of aromatic nitrogens is 2. The predicted octanol–water partition coefficient (Wildman–Crippen LogP) is 2.70. The van der Waals surface area contributed by atoms with E-state index >= 15 is 0 Å². The van der Waals surface area contributed by atoms with Crippen molar-refractivity contribution in [3.8, 4) is 0 Å². The Kier molecular flexibility index (Phi) is 4.36. The fraction of sp³-hybridized carbons (Fsp3) is 0.143. The molecular formula is C14H14ClN3O. The van der Waals surface area contributed by atoms with E-state index in [1.54, 1.807) is 18.5 Å². The summed E-state index contributed by atoms with van der Waals surface area (Å²) in [5, 5.41) is 3.42. The molecule has 0 atom stereocenters. The van der Waals surface area contributed by atoms with E-state index in [2.05, 4.69) is 15.3 Å². The van der Waals surface area contributed by atoms with Gasteiger partial charge in [0, 0.05) is 23.5 Å². The number of benzene rings is 1. The molecule has 0 radical (unpaired) electrons. The van der Waals surface area contributed by atoms with Gasteiger partial charge >= 0.3 is 0 Å². The Bertz CT molecular complexity index is 591. The number of hydrogen-bond acceptors (Lipinski definition) is 2. The number of carbonyl (C=O) groups excluding carboxylic acids is 1. The van der Waals surface area contributed by atoms with Crippen LogP contribution in [-0.2, 0) is 11.3 Å². The molecule has 0 aliphatic rings. The summed E-state index contributed by atoms with van der Waals surface area (Å²) >= 11 is 6.01. The van der Waals surface area contributed by atoms with Gasteiger partial charge in [0.15, 0.2) is 0 Å². The predicted molar refractivity (Wildman–Crippen MR) is 75.7 cm³/mol. The third-order valence-corrected chi connectivity index (χ3v) is 3.02. The summed E-state index contributed by atoms with van der Waals surface area (Å²) < 4.78 is 0. The van der Waals surface area contributed by atoms with E-state index in [4.69, 9.17) is 11.6 Å². The first-order valence-corrected chi connectivity index (χ1v) is 6.23. The average molecular weight is 276 g/mol. The van der Waals surface area contributed by atoms with Crippen LogP contribution in [0.2, 0.25) is 5.02 Å². The van der Waals surface area contributed by atoms with Crippen LogP contribution in [-0.4, -0.2) is 15.9 Å². The molecule has 2 N–H and O–H groups in total. The zero-order valence-electron chi connectivity index (χ0n) is 10.5. The van der Waals surface area contributed by atoms with Crippen LogP contribution in [0.25, 0.3) is 6.08 Å². The maximum Gasteiger partial charge on any atom is 0.244 e. The van der Waals surface area contributed by atoms with Crippen LogP contribution in [0.3, 0.4) is 0 Å². The van der Waals surface area contributed by atoms with Crippen molar-refractivity contribution in [2.45, 2.75) is 13.5 Å². The number of nitrogens with one attached hydrogen (secondary N) is 2. The molecular weight excluding hydrogens is 262 g/mol. The normalized spacial score (nSPS) is 10.8. The van der Waals surface area contributed by atoms with Crippen molar-refractivity contribution >= 4 is 23.6 Å². The van der Waals surface area contributed by atoms with E-state index in [1.165, 1.54) is 6.08 Å². The highest BCUT2D eigenvalue weighted by Crippen LogP contribution is 2.17. The molecule has 1 amide bonds. The van der Waals surface area contributed by atoms with Gasteiger partial charge in [0.05, 0.1) is 6.54 Å². The highest BCUT2D eigenvalue weighted by atomic mass is 35.5. The lowest BCUT2D eigenvalue weighted by atomic mass is 10.1. The number of aromatic amines is 1. The molecule has 0 saturated carbocycles. The minimum Gasteiger partial charge on any atom is -0.347 e. The van der Waals surface area contributed by atoms with Gasteiger partial charge in [0.1, 0.15) is 5.82 Å². The van der Waals surface area contributed by atoms with Crippen LogP contribution >= 0.6 is 11.6 Å². The standard InChI is InChI=1S/C14H14ClN3O/c1-10-2-3-11(8-12(10)15)4-5-14(19)18-9-13-16-6-7-17-13/h2-8H,9H2,1H3,(H,16,17)(H,18,19). The Hall–Kier alpha value is -2.07. The molecule has 0 bridgehead atoms. The Morgan fingerprint density at radius 2 is 2.37 bits per heavy atom. The van der Waals surface area contributed by atoms with Gasteiger partial charge in [-0.05, 0) is 30.2 Å². The van der Waals surface area contributed by atoms with E-state index in [0.717, 1.165) is 17.0 Å². The number of amides is 1. The number of aryl methyl sites for hydroxylation is 1. The molecule has 0 fully saturated rings. The molecule has 0 aliphatic heterocycles. The first-order chi connectivity index (χ1) is 9.15. The van der Waals surface area contributed by atoms with Gasteiger partial charge in [0.2, 0.25) is 5.91 Å². The topological polar surface area (TPSA) is 57.8 Å². The number of carbonyl (C=O) groups is 1. The number of imidazole rings is 1. The molecule has 4 nitrogen and oxygen atoms in total. The van der Waals surface area contributed by atoms with Gasteiger partial charge in [-0.15, -0.1) is 0 Å². The molecule has 0 aliphatic carbocycles. The Labute approximate surface area is 116 Å². The van der Waals surface area contributed by atoms with Gasteiger partial charge in [-0.2, -0.15) is 0 Å². The zero-order chi connectivity index (χ0) is 13.7. The van der Waals surface area contributed by atoms with Crippen molar-refractivity contribution in [2.24, 2.45) is 0 Å². The summed E-state index contributed by atoms with van der Waals surface area (Å²) in [5.74, 6) is 0.549. The van der Waals surface area contributed by atoms with Crippen molar-refractivity contribution in [2.75, 3.05) is 0 Å². The average Bonchev–Trinajstić information content (AvgIpc) is 2.91. The zero-order valence-corrected chi connectivity index (χ0v) is 11.2. The molecule has 98 valence electrons. The first-order valence-electron chi connectivity index (χ1n) is 5.85. The second kappa shape index (κ2) is 6.20. The molecule has 2 rings (SSSR count). The largest absolute Gasteiger partial charge is 0.347 e. The Balaban J connectivity index is 1.90. The highest BCUT2D eigenvalue weighted by molar-refractivity contribution is 6.31. The third kappa shape index (κ3) is 3.96. The van der Waals surface area contributed by atoms with Crippen molar-refractivity contribution in [1.29, 1.82) is 0 Å². The maximum atomic E-state index is 11.6. The van der Waals surface area contributed by atoms with Crippen molar-refractivity contribution in [3.05, 3.63) is 58.6 Å². The van der Waals surface area contributed by atoms with Crippen LogP contribution in [0.5, 0.6) is 0 Å². The van der Waals surface area contributed by atoms with Gasteiger partial charge in [-0.1, -0.05) is 23.7 Å². The summed E-state index contributed by atoms with van der Waals surface area (Å²) in [6.45, 7) is 2.32. The molecule has 19 heavy (non-hydrogen) atoms. The first kappa shape index (κ1) is 13.4. The van der Waals surface area contributed by atoms with Crippen molar-refractivity contribution in [1.82, 2.24) is 15.3 Å². The Morgan fingerprint density at radius 3 is 3.05 bits per heavy atom. The van der Waals surface area contributed by atoms with E-state index in [1.807, 2.05) is 25.1 Å². The third-order valence-electron chi connectivity index (χ3n) is 2.61. The molecule has 1 aromatic carbocycles. The van der Waals surface area contributed by atoms with Gasteiger partial charge in [-0.25, -0.2) is 4.98 Å². The summed E-state index contributed by atoms with van der Waals surface area (Å²) in [4.78, 5) is 18.5. The molecule has 0 spiro atoms. The second-order valence-electron chi connectivity index (χ2n) is 4.10. The van der Waals surface area contributed by atoms with Crippen LogP contribution in [0.1, 0.15) is 17.0 Å². The monoisotopic (exact) mass is 275 g/mol. The smallest absolute Gasteiger partial charge is 0.244 e. The fourth-order valence-corrected chi connectivity index (χ4v) is 1.70. The minimum atomic E-state index is -0.173. The van der Waals surface area contributed by atoms with E-state index in [0.29, 0.717) is 11.6 Å². The summed E-state index contributed by atoms with van der Waals surface area (Å²) in [6.07, 6.45) is 6.56. The number of halogens is 1. The lowest BCUT2D eigenvalue weighted by molar-refractivity contribution is -0.116. The van der Waals surface area contributed by atoms with Gasteiger partial charge < -0.3 is 10.3 Å². The number of nitrogens with zero attached hydrogens (tertiary/aromatic N) is 1. The van der Waals surface area contributed by atoms with E-state index < -0.39 is 0 Å². The van der Waals surface area contributed by atoms with Crippen LogP contribution < -0.4 is 5.32 Å². The molecule has 0 unspecified atom stereocenters. The summed E-state index contributed by atoms with van der Waals surface area (Å²) in [6, 6.07) is 5.66. The fourth-order valence-electron chi connectivity index (χ4n) is 1.51. The molecule has 0 saturated heterocycles. The number of rotatable bonds is 4. The SMILES string of the molecule is Cc1ccc(C=CC(=O)NCc2ncc[nH]2)cc1Cl. The van der Waals surface area contributed by atoms with Crippen LogP contribution in [0.4, 0.5) is 0 Å². The van der Waals surface area contributed by atoms with Crippen LogP contribution in [0, 0.1) is 6.92 Å². The number of H-pyrrole nitrogens is 1. The van der Waals surface area contributed by atoms with Crippen molar-refractivity contribution < 1.29 is 4.79 Å². The lowest BCUT2D eigenvalue weighted by Crippen LogP contribution is -2.20. The van der Waals surface area contributed by atoms with Crippen molar-refractivity contribution in [3.63, 3.8) is 0 Å². The molecule has 1 aromatic heterocycles. The van der Waals surface area contributed by atoms with E-state index in [9.17, 15) is 4.79 Å². The summed E-state index contributed by atoms with van der Waals surface area (Å²) in [5.41, 5.74) is 1.91.